The quantitative estimate of drug-likeness (QED) is 0.722. The van der Waals surface area contributed by atoms with E-state index >= 15 is 0 Å². The van der Waals surface area contributed by atoms with Crippen LogP contribution in [0.1, 0.15) is 11.1 Å². The molecular weight excluding hydrogens is 321 g/mol. The van der Waals surface area contributed by atoms with Gasteiger partial charge in [-0.3, -0.25) is 4.79 Å². The summed E-state index contributed by atoms with van der Waals surface area (Å²) in [5, 5.41) is 0. The maximum Gasteiger partial charge on any atom is 0.246 e. The smallest absolute Gasteiger partial charge is 0.246 e. The van der Waals surface area contributed by atoms with E-state index in [1.165, 1.54) is 18.2 Å². The number of carbonyl (C=O) groups is 1. The number of hydrogen-bond acceptors (Lipinski definition) is 3. The number of benzene rings is 2. The van der Waals surface area contributed by atoms with E-state index in [9.17, 15) is 9.18 Å². The van der Waals surface area contributed by atoms with Crippen molar-refractivity contribution in [3.05, 3.63) is 65.5 Å². The number of methoxy groups -OCH3 is 2. The van der Waals surface area contributed by atoms with Crippen molar-refractivity contribution in [2.45, 2.75) is 6.42 Å². The van der Waals surface area contributed by atoms with Crippen LogP contribution in [-0.2, 0) is 11.2 Å². The van der Waals surface area contributed by atoms with E-state index in [0.29, 0.717) is 24.5 Å². The van der Waals surface area contributed by atoms with E-state index in [0.717, 1.165) is 11.1 Å². The van der Waals surface area contributed by atoms with Crippen LogP contribution in [0.3, 0.4) is 0 Å². The van der Waals surface area contributed by atoms with Gasteiger partial charge in [-0.05, 0) is 47.9 Å². The largest absolute Gasteiger partial charge is 0.493 e. The Morgan fingerprint density at radius 3 is 2.40 bits per heavy atom. The lowest BCUT2D eigenvalue weighted by Gasteiger charge is -2.16. The van der Waals surface area contributed by atoms with Gasteiger partial charge < -0.3 is 14.4 Å². The molecule has 4 nitrogen and oxygen atoms in total. The second-order valence-corrected chi connectivity index (χ2v) is 5.58. The number of nitrogens with zero attached hydrogens (tertiary/aromatic N) is 1. The summed E-state index contributed by atoms with van der Waals surface area (Å²) in [5.74, 6) is 0.948. The highest BCUT2D eigenvalue weighted by molar-refractivity contribution is 5.91. The summed E-state index contributed by atoms with van der Waals surface area (Å²) in [4.78, 5) is 13.8. The number of amides is 1. The predicted molar refractivity (Wildman–Crippen MR) is 96.3 cm³/mol. The fourth-order valence-electron chi connectivity index (χ4n) is 2.31. The third kappa shape index (κ3) is 5.35. The molecule has 0 aliphatic rings. The minimum absolute atomic E-state index is 0.107. The van der Waals surface area contributed by atoms with Gasteiger partial charge in [0.05, 0.1) is 14.2 Å². The van der Waals surface area contributed by atoms with Gasteiger partial charge in [-0.25, -0.2) is 4.39 Å². The Bertz CT molecular complexity index is 741. The molecule has 0 aliphatic heterocycles. The van der Waals surface area contributed by atoms with E-state index in [1.54, 1.807) is 44.4 Å². The molecule has 0 radical (unpaired) electrons. The molecule has 0 spiro atoms. The zero-order valence-corrected chi connectivity index (χ0v) is 14.7. The van der Waals surface area contributed by atoms with Gasteiger partial charge >= 0.3 is 0 Å². The number of ether oxygens (including phenoxy) is 2. The Kier molecular flexibility index (Phi) is 6.57. The van der Waals surface area contributed by atoms with Crippen LogP contribution in [0.15, 0.2) is 48.5 Å². The zero-order chi connectivity index (χ0) is 18.2. The lowest BCUT2D eigenvalue weighted by Crippen LogP contribution is -2.27. The summed E-state index contributed by atoms with van der Waals surface area (Å²) >= 11 is 0. The van der Waals surface area contributed by atoms with Crippen molar-refractivity contribution in [1.82, 2.24) is 4.90 Å². The van der Waals surface area contributed by atoms with Crippen LogP contribution in [-0.4, -0.2) is 38.6 Å². The molecule has 0 atom stereocenters. The van der Waals surface area contributed by atoms with Gasteiger partial charge in [-0.2, -0.15) is 0 Å². The Morgan fingerprint density at radius 1 is 1.08 bits per heavy atom. The number of carbonyl (C=O) groups excluding carboxylic acids is 1. The van der Waals surface area contributed by atoms with Crippen molar-refractivity contribution in [2.75, 3.05) is 27.8 Å². The van der Waals surface area contributed by atoms with E-state index in [-0.39, 0.29) is 11.7 Å². The standard InChI is InChI=1S/C20H22FNO3/c1-22(20(23)11-7-15-4-8-17(21)9-5-15)13-12-16-6-10-18(24-2)19(14-16)25-3/h4-11,14H,12-13H2,1-3H3/b11-7+. The SMILES string of the molecule is COc1ccc(CCN(C)C(=O)/C=C/c2ccc(F)cc2)cc1OC. The highest BCUT2D eigenvalue weighted by Gasteiger charge is 2.08. The lowest BCUT2D eigenvalue weighted by molar-refractivity contribution is -0.124. The predicted octanol–water partition coefficient (Wildman–Crippen LogP) is 3.56. The molecule has 0 bridgehead atoms. The van der Waals surface area contributed by atoms with Crippen LogP contribution in [0, 0.1) is 5.82 Å². The molecule has 2 rings (SSSR count). The highest BCUT2D eigenvalue weighted by Crippen LogP contribution is 2.27. The van der Waals surface area contributed by atoms with Crippen molar-refractivity contribution in [2.24, 2.45) is 0 Å². The average Bonchev–Trinajstić information content (AvgIpc) is 2.65. The maximum absolute atomic E-state index is 12.9. The lowest BCUT2D eigenvalue weighted by atomic mass is 10.1. The summed E-state index contributed by atoms with van der Waals surface area (Å²) in [6.07, 6.45) is 3.86. The van der Waals surface area contributed by atoms with Crippen LogP contribution in [0.25, 0.3) is 6.08 Å². The summed E-state index contributed by atoms with van der Waals surface area (Å²) in [7, 11) is 4.94. The molecule has 0 aromatic heterocycles. The minimum atomic E-state index is -0.296. The van der Waals surface area contributed by atoms with Crippen molar-refractivity contribution in [3.63, 3.8) is 0 Å². The Morgan fingerprint density at radius 2 is 1.76 bits per heavy atom. The third-order valence-electron chi connectivity index (χ3n) is 3.85. The zero-order valence-electron chi connectivity index (χ0n) is 14.7. The van der Waals surface area contributed by atoms with Crippen molar-refractivity contribution in [3.8, 4) is 11.5 Å². The number of hydrogen-bond donors (Lipinski definition) is 0. The number of halogens is 1. The first-order valence-electron chi connectivity index (χ1n) is 7.93. The first-order valence-corrected chi connectivity index (χ1v) is 7.93. The van der Waals surface area contributed by atoms with Gasteiger partial charge in [0.1, 0.15) is 5.82 Å². The molecule has 0 saturated carbocycles. The summed E-state index contributed by atoms with van der Waals surface area (Å²) in [6, 6.07) is 11.7. The molecule has 25 heavy (non-hydrogen) atoms. The second kappa shape index (κ2) is 8.87. The van der Waals surface area contributed by atoms with Gasteiger partial charge in [-0.15, -0.1) is 0 Å². The average molecular weight is 343 g/mol. The summed E-state index contributed by atoms with van der Waals surface area (Å²) in [6.45, 7) is 0.572. The van der Waals surface area contributed by atoms with Gasteiger partial charge in [0, 0.05) is 19.7 Å². The maximum atomic E-state index is 12.9. The molecule has 2 aromatic rings. The Labute approximate surface area is 147 Å². The molecule has 0 heterocycles. The topological polar surface area (TPSA) is 38.8 Å². The molecular formula is C20H22FNO3. The van der Waals surface area contributed by atoms with Gasteiger partial charge in [0.2, 0.25) is 5.91 Å². The molecule has 5 heteroatoms. The summed E-state index contributed by atoms with van der Waals surface area (Å²) < 4.78 is 23.4. The van der Waals surface area contributed by atoms with Crippen molar-refractivity contribution in [1.29, 1.82) is 0 Å². The fraction of sp³-hybridized carbons (Fsp3) is 0.250. The van der Waals surface area contributed by atoms with E-state index in [2.05, 4.69) is 0 Å². The Balaban J connectivity index is 1.91. The summed E-state index contributed by atoms with van der Waals surface area (Å²) in [5.41, 5.74) is 1.84. The molecule has 2 aromatic carbocycles. The molecule has 1 amide bonds. The van der Waals surface area contributed by atoms with E-state index < -0.39 is 0 Å². The third-order valence-corrected chi connectivity index (χ3v) is 3.85. The van der Waals surface area contributed by atoms with Crippen LogP contribution in [0.5, 0.6) is 11.5 Å². The van der Waals surface area contributed by atoms with Crippen molar-refractivity contribution >= 4 is 12.0 Å². The minimum Gasteiger partial charge on any atom is -0.493 e. The molecule has 0 fully saturated rings. The van der Waals surface area contributed by atoms with Crippen LogP contribution >= 0.6 is 0 Å². The number of rotatable bonds is 7. The molecule has 0 N–H and O–H groups in total. The van der Waals surface area contributed by atoms with Gasteiger partial charge in [0.15, 0.2) is 11.5 Å². The van der Waals surface area contributed by atoms with Gasteiger partial charge in [-0.1, -0.05) is 18.2 Å². The van der Waals surface area contributed by atoms with Crippen LogP contribution in [0.4, 0.5) is 4.39 Å². The van der Waals surface area contributed by atoms with Crippen molar-refractivity contribution < 1.29 is 18.7 Å². The highest BCUT2D eigenvalue weighted by atomic mass is 19.1. The molecule has 0 saturated heterocycles. The Hall–Kier alpha value is -2.82. The van der Waals surface area contributed by atoms with Crippen LogP contribution < -0.4 is 9.47 Å². The normalized spacial score (nSPS) is 10.7. The monoisotopic (exact) mass is 343 g/mol. The fourth-order valence-corrected chi connectivity index (χ4v) is 2.31. The molecule has 132 valence electrons. The van der Waals surface area contributed by atoms with Crippen LogP contribution in [0.2, 0.25) is 0 Å². The molecule has 0 unspecified atom stereocenters. The van der Waals surface area contributed by atoms with E-state index in [1.807, 2.05) is 18.2 Å². The first kappa shape index (κ1) is 18.5. The molecule has 0 aliphatic carbocycles. The second-order valence-electron chi connectivity index (χ2n) is 5.58. The van der Waals surface area contributed by atoms with Gasteiger partial charge in [0.25, 0.3) is 0 Å². The first-order chi connectivity index (χ1) is 12.0. The number of likely N-dealkylation sites (N-methyl/N-ethyl adjacent to an activating group) is 1. The van der Waals surface area contributed by atoms with E-state index in [4.69, 9.17) is 9.47 Å².